The summed E-state index contributed by atoms with van der Waals surface area (Å²) in [6.45, 7) is 7.96. The lowest BCUT2D eigenvalue weighted by Gasteiger charge is -2.18. The number of anilines is 1. The Labute approximate surface area is 154 Å². The van der Waals surface area contributed by atoms with Crippen molar-refractivity contribution in [1.29, 1.82) is 0 Å². The molecule has 1 amide bonds. The second-order valence-corrected chi connectivity index (χ2v) is 6.65. The van der Waals surface area contributed by atoms with Crippen LogP contribution in [0.25, 0.3) is 0 Å². The minimum absolute atomic E-state index is 0.151. The first-order chi connectivity index (χ1) is 12.3. The predicted molar refractivity (Wildman–Crippen MR) is 102 cm³/mol. The maximum Gasteiger partial charge on any atom is 0.307 e. The van der Waals surface area contributed by atoms with Gasteiger partial charge in [0.15, 0.2) is 6.10 Å². The molecule has 1 atom stereocenters. The molecule has 2 aromatic rings. The number of para-hydroxylation sites is 1. The molecule has 1 unspecified atom stereocenters. The number of benzene rings is 2. The molecule has 0 radical (unpaired) electrons. The summed E-state index contributed by atoms with van der Waals surface area (Å²) in [6, 6.07) is 12.7. The second-order valence-electron chi connectivity index (χ2n) is 6.65. The monoisotopic (exact) mass is 355 g/mol. The van der Waals surface area contributed by atoms with Gasteiger partial charge in [-0.25, -0.2) is 0 Å². The van der Waals surface area contributed by atoms with Crippen molar-refractivity contribution < 1.29 is 19.4 Å². The van der Waals surface area contributed by atoms with Crippen LogP contribution in [0.1, 0.15) is 43.4 Å². The van der Waals surface area contributed by atoms with E-state index in [1.54, 1.807) is 31.2 Å². The van der Waals surface area contributed by atoms with E-state index in [0.29, 0.717) is 22.9 Å². The highest BCUT2D eigenvalue weighted by atomic mass is 16.5. The SMILES string of the molecule is Cc1cc(OC(C)C(=O)Nc2ccccc2CC(=O)O)ccc1C(C)C. The molecule has 138 valence electrons. The van der Waals surface area contributed by atoms with Gasteiger partial charge in [-0.2, -0.15) is 0 Å². The molecule has 0 heterocycles. The first kappa shape index (κ1) is 19.5. The number of aliphatic carboxylic acids is 1. The number of hydrogen-bond acceptors (Lipinski definition) is 3. The van der Waals surface area contributed by atoms with E-state index < -0.39 is 12.1 Å². The van der Waals surface area contributed by atoms with Crippen molar-refractivity contribution in [3.8, 4) is 5.75 Å². The van der Waals surface area contributed by atoms with Crippen molar-refractivity contribution in [1.82, 2.24) is 0 Å². The van der Waals surface area contributed by atoms with Gasteiger partial charge >= 0.3 is 5.97 Å². The van der Waals surface area contributed by atoms with Gasteiger partial charge in [0, 0.05) is 5.69 Å². The summed E-state index contributed by atoms with van der Waals surface area (Å²) in [4.78, 5) is 23.4. The number of carboxylic acid groups (broad SMARTS) is 1. The van der Waals surface area contributed by atoms with Gasteiger partial charge < -0.3 is 15.2 Å². The molecule has 2 N–H and O–H groups in total. The Bertz CT molecular complexity index is 798. The third kappa shape index (κ3) is 5.09. The van der Waals surface area contributed by atoms with Crippen LogP contribution in [0.4, 0.5) is 5.69 Å². The highest BCUT2D eigenvalue weighted by molar-refractivity contribution is 5.95. The van der Waals surface area contributed by atoms with Crippen LogP contribution in [0.2, 0.25) is 0 Å². The molecule has 5 nitrogen and oxygen atoms in total. The topological polar surface area (TPSA) is 75.6 Å². The van der Waals surface area contributed by atoms with Crippen molar-refractivity contribution in [3.63, 3.8) is 0 Å². The third-order valence-corrected chi connectivity index (χ3v) is 4.16. The van der Waals surface area contributed by atoms with Crippen LogP contribution in [0, 0.1) is 6.92 Å². The van der Waals surface area contributed by atoms with Crippen LogP contribution in [0.15, 0.2) is 42.5 Å². The minimum atomic E-state index is -0.947. The summed E-state index contributed by atoms with van der Waals surface area (Å²) < 4.78 is 5.76. The summed E-state index contributed by atoms with van der Waals surface area (Å²) >= 11 is 0. The molecule has 5 heteroatoms. The quantitative estimate of drug-likeness (QED) is 0.782. The van der Waals surface area contributed by atoms with Gasteiger partial charge in [-0.05, 0) is 54.7 Å². The molecular weight excluding hydrogens is 330 g/mol. The zero-order valence-electron chi connectivity index (χ0n) is 15.6. The van der Waals surface area contributed by atoms with Crippen LogP contribution >= 0.6 is 0 Å². The lowest BCUT2D eigenvalue weighted by Crippen LogP contribution is -2.30. The van der Waals surface area contributed by atoms with Gasteiger partial charge in [0.1, 0.15) is 5.75 Å². The normalized spacial score (nSPS) is 11.9. The number of amides is 1. The molecule has 0 spiro atoms. The Balaban J connectivity index is 2.07. The number of aryl methyl sites for hydroxylation is 1. The fourth-order valence-electron chi connectivity index (χ4n) is 2.82. The van der Waals surface area contributed by atoms with Crippen LogP contribution in [0.5, 0.6) is 5.75 Å². The third-order valence-electron chi connectivity index (χ3n) is 4.16. The Hall–Kier alpha value is -2.82. The average Bonchev–Trinajstić information content (AvgIpc) is 2.55. The Morgan fingerprint density at radius 2 is 1.81 bits per heavy atom. The van der Waals surface area contributed by atoms with Crippen molar-refractivity contribution >= 4 is 17.6 Å². The molecule has 0 saturated carbocycles. The highest BCUT2D eigenvalue weighted by Crippen LogP contribution is 2.24. The number of nitrogens with one attached hydrogen (secondary N) is 1. The molecule has 0 fully saturated rings. The van der Waals surface area contributed by atoms with E-state index in [9.17, 15) is 9.59 Å². The largest absolute Gasteiger partial charge is 0.481 e. The zero-order chi connectivity index (χ0) is 19.3. The Morgan fingerprint density at radius 1 is 1.12 bits per heavy atom. The Kier molecular flexibility index (Phi) is 6.39. The molecule has 0 bridgehead atoms. The van der Waals surface area contributed by atoms with Crippen LogP contribution in [-0.4, -0.2) is 23.1 Å². The molecule has 0 aliphatic carbocycles. The van der Waals surface area contributed by atoms with Gasteiger partial charge in [0.05, 0.1) is 6.42 Å². The summed E-state index contributed by atoms with van der Waals surface area (Å²) in [5, 5.41) is 11.7. The van der Waals surface area contributed by atoms with E-state index in [1.807, 2.05) is 25.1 Å². The molecule has 2 rings (SSSR count). The van der Waals surface area contributed by atoms with E-state index >= 15 is 0 Å². The van der Waals surface area contributed by atoms with E-state index in [1.165, 1.54) is 5.56 Å². The average molecular weight is 355 g/mol. The molecule has 0 aliphatic heterocycles. The van der Waals surface area contributed by atoms with Crippen molar-refractivity contribution in [3.05, 3.63) is 59.2 Å². The van der Waals surface area contributed by atoms with Gasteiger partial charge in [0.2, 0.25) is 0 Å². The van der Waals surface area contributed by atoms with E-state index in [2.05, 4.69) is 19.2 Å². The molecule has 26 heavy (non-hydrogen) atoms. The Morgan fingerprint density at radius 3 is 2.42 bits per heavy atom. The molecule has 0 aliphatic rings. The second kappa shape index (κ2) is 8.52. The number of carboxylic acids is 1. The number of hydrogen-bond donors (Lipinski definition) is 2. The standard InChI is InChI=1S/C21H25NO4/c1-13(2)18-10-9-17(11-14(18)3)26-15(4)21(25)22-19-8-6-5-7-16(19)12-20(23)24/h5-11,13,15H,12H2,1-4H3,(H,22,25)(H,23,24). The minimum Gasteiger partial charge on any atom is -0.481 e. The number of rotatable bonds is 7. The molecule has 0 saturated heterocycles. The van der Waals surface area contributed by atoms with Crippen LogP contribution in [0.3, 0.4) is 0 Å². The van der Waals surface area contributed by atoms with E-state index in [0.717, 1.165) is 5.56 Å². The smallest absolute Gasteiger partial charge is 0.307 e. The van der Waals surface area contributed by atoms with Crippen molar-refractivity contribution in [2.75, 3.05) is 5.32 Å². The van der Waals surface area contributed by atoms with Crippen LogP contribution in [-0.2, 0) is 16.0 Å². The summed E-state index contributed by atoms with van der Waals surface area (Å²) in [5.41, 5.74) is 3.41. The molecular formula is C21H25NO4. The fourth-order valence-corrected chi connectivity index (χ4v) is 2.82. The maximum atomic E-state index is 12.4. The van der Waals surface area contributed by atoms with Crippen molar-refractivity contribution in [2.45, 2.75) is 46.1 Å². The number of carbonyl (C=O) groups is 2. The number of ether oxygens (including phenoxy) is 1. The summed E-state index contributed by atoms with van der Waals surface area (Å²) in [7, 11) is 0. The lowest BCUT2D eigenvalue weighted by molar-refractivity contribution is -0.136. The molecule has 2 aromatic carbocycles. The fraction of sp³-hybridized carbons (Fsp3) is 0.333. The lowest BCUT2D eigenvalue weighted by atomic mass is 9.98. The van der Waals surface area contributed by atoms with Gasteiger partial charge in [-0.15, -0.1) is 0 Å². The highest BCUT2D eigenvalue weighted by Gasteiger charge is 2.17. The predicted octanol–water partition coefficient (Wildman–Crippen LogP) is 4.15. The van der Waals surface area contributed by atoms with E-state index in [-0.39, 0.29) is 12.3 Å². The summed E-state index contributed by atoms with van der Waals surface area (Å²) in [6.07, 6.45) is -0.862. The van der Waals surface area contributed by atoms with Crippen molar-refractivity contribution in [2.24, 2.45) is 0 Å². The van der Waals surface area contributed by atoms with Crippen LogP contribution < -0.4 is 10.1 Å². The van der Waals surface area contributed by atoms with E-state index in [4.69, 9.17) is 9.84 Å². The first-order valence-corrected chi connectivity index (χ1v) is 8.65. The van der Waals surface area contributed by atoms with Gasteiger partial charge in [0.25, 0.3) is 5.91 Å². The zero-order valence-corrected chi connectivity index (χ0v) is 15.6. The maximum absolute atomic E-state index is 12.4. The first-order valence-electron chi connectivity index (χ1n) is 8.65. The molecule has 0 aromatic heterocycles. The van der Waals surface area contributed by atoms with Gasteiger partial charge in [-0.1, -0.05) is 38.1 Å². The van der Waals surface area contributed by atoms with Gasteiger partial charge in [-0.3, -0.25) is 9.59 Å². The summed E-state index contributed by atoms with van der Waals surface area (Å²) in [5.74, 6) is -0.214. The number of carbonyl (C=O) groups excluding carboxylic acids is 1.